The van der Waals surface area contributed by atoms with Gasteiger partial charge >= 0.3 is 0 Å². The summed E-state index contributed by atoms with van der Waals surface area (Å²) in [6.07, 6.45) is 15.0. The van der Waals surface area contributed by atoms with E-state index in [9.17, 15) is 9.59 Å². The lowest BCUT2D eigenvalue weighted by molar-refractivity contribution is -0.123. The highest BCUT2D eigenvalue weighted by molar-refractivity contribution is 7.11. The second-order valence-corrected chi connectivity index (χ2v) is 12.7. The van der Waals surface area contributed by atoms with Crippen molar-refractivity contribution in [2.24, 2.45) is 5.41 Å². The van der Waals surface area contributed by atoms with E-state index < -0.39 is 5.41 Å². The third-order valence-corrected chi connectivity index (χ3v) is 9.80. The number of carbonyl (C=O) groups excluding carboxylic acids is 2. The van der Waals surface area contributed by atoms with Crippen LogP contribution in [-0.2, 0) is 9.59 Å². The molecule has 1 aliphatic heterocycles. The van der Waals surface area contributed by atoms with Crippen LogP contribution in [-0.4, -0.2) is 23.1 Å². The molecule has 200 valence electrons. The molecule has 1 aliphatic carbocycles. The number of allylic oxidation sites excluding steroid dienone is 1. The zero-order valence-electron chi connectivity index (χ0n) is 22.9. The van der Waals surface area contributed by atoms with E-state index in [0.29, 0.717) is 17.7 Å². The fraction of sp³-hybridized carbons (Fsp3) is 0.562. The minimum Gasteiger partial charge on any atom is -0.306 e. The van der Waals surface area contributed by atoms with Gasteiger partial charge in [-0.3, -0.25) is 9.59 Å². The highest BCUT2D eigenvalue weighted by Crippen LogP contribution is 2.57. The van der Waals surface area contributed by atoms with Gasteiger partial charge in [-0.05, 0) is 48.2 Å². The van der Waals surface area contributed by atoms with Gasteiger partial charge in [0, 0.05) is 11.4 Å². The van der Waals surface area contributed by atoms with Crippen LogP contribution in [0.4, 0.5) is 0 Å². The maximum Gasteiger partial charge on any atom is 0.259 e. The Balaban J connectivity index is 1.66. The van der Waals surface area contributed by atoms with Crippen LogP contribution in [0.2, 0.25) is 0 Å². The Morgan fingerprint density at radius 3 is 1.89 bits per heavy atom. The lowest BCUT2D eigenvalue weighted by atomic mass is 9.76. The summed E-state index contributed by atoms with van der Waals surface area (Å²) in [7, 11) is 0. The number of thiophene rings is 2. The maximum atomic E-state index is 14.4. The van der Waals surface area contributed by atoms with Crippen molar-refractivity contribution in [2.75, 3.05) is 6.54 Å². The summed E-state index contributed by atoms with van der Waals surface area (Å²) in [5, 5.41) is 4.11. The summed E-state index contributed by atoms with van der Waals surface area (Å²) in [5.41, 5.74) is 2.60. The lowest BCUT2D eigenvalue weighted by Gasteiger charge is -2.28. The van der Waals surface area contributed by atoms with Crippen molar-refractivity contribution in [1.29, 1.82) is 0 Å². The van der Waals surface area contributed by atoms with Gasteiger partial charge in [-0.25, -0.2) is 0 Å². The van der Waals surface area contributed by atoms with Gasteiger partial charge in [-0.1, -0.05) is 96.6 Å². The molecular formula is C32H43NO2S2. The van der Waals surface area contributed by atoms with Crippen molar-refractivity contribution in [1.82, 2.24) is 4.90 Å². The largest absolute Gasteiger partial charge is 0.306 e. The molecule has 0 saturated carbocycles. The van der Waals surface area contributed by atoms with Crippen LogP contribution in [0, 0.1) is 5.41 Å². The zero-order valence-corrected chi connectivity index (χ0v) is 24.6. The van der Waals surface area contributed by atoms with Gasteiger partial charge in [0.25, 0.3) is 5.91 Å². The van der Waals surface area contributed by atoms with E-state index in [-0.39, 0.29) is 11.7 Å². The Bertz CT molecular complexity index is 1110. The molecule has 0 aromatic carbocycles. The van der Waals surface area contributed by atoms with E-state index in [1.54, 1.807) is 22.7 Å². The number of ketones is 1. The van der Waals surface area contributed by atoms with Gasteiger partial charge in [0.2, 0.25) is 0 Å². The van der Waals surface area contributed by atoms with Crippen molar-refractivity contribution >= 4 is 45.6 Å². The van der Waals surface area contributed by atoms with Gasteiger partial charge in [-0.15, -0.1) is 22.7 Å². The van der Waals surface area contributed by atoms with E-state index in [2.05, 4.69) is 38.3 Å². The smallest absolute Gasteiger partial charge is 0.259 e. The molecule has 4 rings (SSSR count). The van der Waals surface area contributed by atoms with Crippen LogP contribution in [0.1, 0.15) is 114 Å². The molecular weight excluding hydrogens is 494 g/mol. The molecule has 2 aliphatic rings. The molecule has 0 fully saturated rings. The van der Waals surface area contributed by atoms with Crippen LogP contribution in [0.3, 0.4) is 0 Å². The Kier molecular flexibility index (Phi) is 10.00. The quantitative estimate of drug-likeness (QED) is 0.200. The van der Waals surface area contributed by atoms with Crippen LogP contribution in [0.5, 0.6) is 0 Å². The number of nitrogens with zero attached hydrogens (tertiary/aromatic N) is 1. The Morgan fingerprint density at radius 2 is 1.30 bits per heavy atom. The van der Waals surface area contributed by atoms with E-state index in [1.165, 1.54) is 51.4 Å². The average Bonchev–Trinajstić information content (AvgIpc) is 3.68. The summed E-state index contributed by atoms with van der Waals surface area (Å²) < 4.78 is 0. The number of amides is 1. The van der Waals surface area contributed by atoms with Crippen molar-refractivity contribution in [3.8, 4) is 0 Å². The average molecular weight is 538 g/mol. The molecule has 1 amide bonds. The van der Waals surface area contributed by atoms with Gasteiger partial charge in [0.15, 0.2) is 5.78 Å². The van der Waals surface area contributed by atoms with Crippen molar-refractivity contribution in [3.63, 3.8) is 0 Å². The predicted octanol–water partition coefficient (Wildman–Crippen LogP) is 9.52. The first-order valence-electron chi connectivity index (χ1n) is 14.5. The van der Waals surface area contributed by atoms with Crippen molar-refractivity contribution in [3.05, 3.63) is 55.9 Å². The van der Waals surface area contributed by atoms with Crippen LogP contribution < -0.4 is 0 Å². The third kappa shape index (κ3) is 5.88. The molecule has 0 saturated heterocycles. The Hall–Kier alpha value is -1.98. The Labute approximate surface area is 231 Å². The van der Waals surface area contributed by atoms with Gasteiger partial charge in [0.1, 0.15) is 0 Å². The Morgan fingerprint density at radius 1 is 0.730 bits per heavy atom. The number of hydrogen-bond acceptors (Lipinski definition) is 4. The highest BCUT2D eigenvalue weighted by Gasteiger charge is 2.55. The third-order valence-electron chi connectivity index (χ3n) is 8.03. The SMILES string of the molecule is CCCCCCCCN1C(=O)C2=C(c3cccs3)[C@@](C)(CCCCCCCC)C(=O)C2=C1c1cccs1. The molecule has 0 unspecified atom stereocenters. The minimum absolute atomic E-state index is 0.0374. The van der Waals surface area contributed by atoms with Gasteiger partial charge in [0.05, 0.1) is 27.1 Å². The molecule has 37 heavy (non-hydrogen) atoms. The number of carbonyl (C=O) groups is 2. The molecule has 2 aromatic rings. The molecule has 1 atom stereocenters. The standard InChI is InChI=1S/C32H43NO2S2/c1-4-6-8-10-12-14-20-32(3)28(24-18-16-22-36-24)26-27(30(32)34)29(25-19-17-23-37-25)33(31(26)35)21-15-13-11-9-7-5-2/h16-19,22-23H,4-15,20-21H2,1-3H3/t32-/m1/s1. The first-order valence-corrected chi connectivity index (χ1v) is 16.2. The first kappa shape index (κ1) is 28.0. The predicted molar refractivity (Wildman–Crippen MR) is 159 cm³/mol. The van der Waals surface area contributed by atoms with Crippen molar-refractivity contribution < 1.29 is 9.59 Å². The number of rotatable bonds is 16. The second kappa shape index (κ2) is 13.2. The van der Waals surface area contributed by atoms with Crippen LogP contribution in [0.15, 0.2) is 46.2 Å². The molecule has 3 nitrogen and oxygen atoms in total. The fourth-order valence-corrected chi connectivity index (χ4v) is 7.65. The topological polar surface area (TPSA) is 37.4 Å². The summed E-state index contributed by atoms with van der Waals surface area (Å²) in [4.78, 5) is 32.5. The van der Waals surface area contributed by atoms with E-state index >= 15 is 0 Å². The second-order valence-electron chi connectivity index (χ2n) is 10.8. The number of hydrogen-bond donors (Lipinski definition) is 0. The van der Waals surface area contributed by atoms with Crippen LogP contribution in [0.25, 0.3) is 11.3 Å². The monoisotopic (exact) mass is 537 g/mol. The molecule has 0 spiro atoms. The first-order chi connectivity index (χ1) is 18.0. The molecule has 0 radical (unpaired) electrons. The van der Waals surface area contributed by atoms with Crippen LogP contribution >= 0.6 is 22.7 Å². The highest BCUT2D eigenvalue weighted by atomic mass is 32.1. The molecule has 2 aromatic heterocycles. The molecule has 5 heteroatoms. The summed E-state index contributed by atoms with van der Waals surface area (Å²) in [5.74, 6) is 0.192. The maximum absolute atomic E-state index is 14.4. The lowest BCUT2D eigenvalue weighted by Crippen LogP contribution is -2.30. The fourth-order valence-electron chi connectivity index (χ4n) is 5.96. The number of fused-ring (bicyclic) bond motifs is 1. The summed E-state index contributed by atoms with van der Waals surface area (Å²) in [6, 6.07) is 8.23. The summed E-state index contributed by atoms with van der Waals surface area (Å²) in [6.45, 7) is 7.26. The minimum atomic E-state index is -0.634. The number of Topliss-reactive ketones (excluding diaryl/α,β-unsaturated/α-hetero) is 1. The van der Waals surface area contributed by atoms with Crippen molar-refractivity contribution in [2.45, 2.75) is 104 Å². The molecule has 3 heterocycles. The van der Waals surface area contributed by atoms with Gasteiger partial charge in [-0.2, -0.15) is 0 Å². The molecule has 0 N–H and O–H groups in total. The summed E-state index contributed by atoms with van der Waals surface area (Å²) >= 11 is 3.29. The zero-order chi connectivity index (χ0) is 26.3. The number of unbranched alkanes of at least 4 members (excludes halogenated alkanes) is 10. The molecule has 0 bridgehead atoms. The van der Waals surface area contributed by atoms with E-state index in [1.807, 2.05) is 22.4 Å². The van der Waals surface area contributed by atoms with E-state index in [0.717, 1.165) is 53.1 Å². The normalized spacial score (nSPS) is 19.6. The van der Waals surface area contributed by atoms with Gasteiger partial charge < -0.3 is 4.90 Å². The van der Waals surface area contributed by atoms with E-state index in [4.69, 9.17) is 0 Å².